The number of nitrogens with one attached hydrogen (secondary N) is 1. The maximum absolute atomic E-state index is 13.7. The van der Waals surface area contributed by atoms with Crippen molar-refractivity contribution in [1.29, 1.82) is 0 Å². The first-order valence-corrected chi connectivity index (χ1v) is 10.8. The van der Waals surface area contributed by atoms with E-state index in [1.807, 2.05) is 65.6 Å². The Morgan fingerprint density at radius 3 is 2.48 bits per heavy atom. The molecule has 1 unspecified atom stereocenters. The Bertz CT molecular complexity index is 1090. The van der Waals surface area contributed by atoms with E-state index in [1.54, 1.807) is 18.5 Å². The average Bonchev–Trinajstić information content (AvgIpc) is 3.28. The Balaban J connectivity index is 1.61. The van der Waals surface area contributed by atoms with E-state index >= 15 is 0 Å². The van der Waals surface area contributed by atoms with Crippen LogP contribution in [-0.4, -0.2) is 27.2 Å². The van der Waals surface area contributed by atoms with Gasteiger partial charge in [0.1, 0.15) is 0 Å². The third-order valence-corrected chi connectivity index (χ3v) is 6.67. The number of carbonyl (C=O) groups is 2. The first-order valence-electron chi connectivity index (χ1n) is 10.8. The third-order valence-electron chi connectivity index (χ3n) is 6.67. The summed E-state index contributed by atoms with van der Waals surface area (Å²) in [5.41, 5.74) is 2.69. The second kappa shape index (κ2) is 7.99. The molecule has 1 saturated carbocycles. The minimum atomic E-state index is -0.520. The standard InChI is InChI=1S/C26H25N3O2/c30-24(28-20-11-8-16-27-17-20)23-21-12-4-5-13-22(21)25(31)29(26(23)14-6-7-15-26)18-19-9-2-1-3-10-19/h1-5,8-13,16-17,23H,6-7,14-15,18H2,(H,28,30). The van der Waals surface area contributed by atoms with Gasteiger partial charge in [0.15, 0.2) is 0 Å². The number of nitrogens with zero attached hydrogens (tertiary/aromatic N) is 2. The zero-order valence-electron chi connectivity index (χ0n) is 17.3. The number of benzene rings is 2. The van der Waals surface area contributed by atoms with Gasteiger partial charge in [-0.05, 0) is 42.2 Å². The Hall–Kier alpha value is -3.47. The molecule has 5 rings (SSSR count). The zero-order valence-corrected chi connectivity index (χ0v) is 17.3. The van der Waals surface area contributed by atoms with E-state index in [9.17, 15) is 9.59 Å². The summed E-state index contributed by atoms with van der Waals surface area (Å²) in [6.45, 7) is 0.505. The molecule has 0 radical (unpaired) electrons. The highest BCUT2D eigenvalue weighted by Crippen LogP contribution is 2.51. The molecular formula is C26H25N3O2. The van der Waals surface area contributed by atoms with E-state index in [0.717, 1.165) is 36.8 Å². The van der Waals surface area contributed by atoms with Gasteiger partial charge in [0.05, 0.1) is 23.3 Å². The van der Waals surface area contributed by atoms with Gasteiger partial charge in [0.25, 0.3) is 5.91 Å². The van der Waals surface area contributed by atoms with Crippen LogP contribution < -0.4 is 5.32 Å². The monoisotopic (exact) mass is 411 g/mol. The molecule has 1 fully saturated rings. The fraction of sp³-hybridized carbons (Fsp3) is 0.269. The third kappa shape index (κ3) is 3.40. The maximum atomic E-state index is 13.7. The minimum absolute atomic E-state index is 0.0202. The molecule has 2 aliphatic rings. The molecule has 5 heteroatoms. The van der Waals surface area contributed by atoms with Crippen LogP contribution >= 0.6 is 0 Å². The first kappa shape index (κ1) is 19.5. The Morgan fingerprint density at radius 2 is 1.74 bits per heavy atom. The molecule has 1 aliphatic heterocycles. The van der Waals surface area contributed by atoms with Crippen molar-refractivity contribution in [2.75, 3.05) is 5.32 Å². The zero-order chi connectivity index (χ0) is 21.3. The van der Waals surface area contributed by atoms with E-state index in [2.05, 4.69) is 10.3 Å². The minimum Gasteiger partial charge on any atom is -0.327 e. The number of carbonyl (C=O) groups excluding carboxylic acids is 2. The van der Waals surface area contributed by atoms with Crippen molar-refractivity contribution in [1.82, 2.24) is 9.88 Å². The lowest BCUT2D eigenvalue weighted by Crippen LogP contribution is -2.59. The molecule has 31 heavy (non-hydrogen) atoms. The molecule has 0 saturated heterocycles. The molecule has 5 nitrogen and oxygen atoms in total. The number of hydrogen-bond acceptors (Lipinski definition) is 3. The van der Waals surface area contributed by atoms with Crippen molar-refractivity contribution >= 4 is 17.5 Å². The summed E-state index contributed by atoms with van der Waals surface area (Å²) in [7, 11) is 0. The average molecular weight is 412 g/mol. The molecule has 1 atom stereocenters. The number of pyridine rings is 1. The quantitative estimate of drug-likeness (QED) is 0.672. The van der Waals surface area contributed by atoms with E-state index in [4.69, 9.17) is 0 Å². The first-order chi connectivity index (χ1) is 15.2. The lowest BCUT2D eigenvalue weighted by molar-refractivity contribution is -0.121. The Labute approximate surface area is 182 Å². The predicted octanol–water partition coefficient (Wildman–Crippen LogP) is 4.77. The van der Waals surface area contributed by atoms with Crippen LogP contribution in [0.2, 0.25) is 0 Å². The molecule has 1 N–H and O–H groups in total. The van der Waals surface area contributed by atoms with Crippen LogP contribution in [0.4, 0.5) is 5.69 Å². The second-order valence-corrected chi connectivity index (χ2v) is 8.44. The Morgan fingerprint density at radius 1 is 1.00 bits per heavy atom. The second-order valence-electron chi connectivity index (χ2n) is 8.44. The van der Waals surface area contributed by atoms with Crippen molar-refractivity contribution in [3.05, 3.63) is 95.8 Å². The van der Waals surface area contributed by atoms with Gasteiger partial charge in [-0.1, -0.05) is 61.4 Å². The van der Waals surface area contributed by atoms with Crippen molar-refractivity contribution in [3.63, 3.8) is 0 Å². The number of hydrogen-bond donors (Lipinski definition) is 1. The molecule has 2 heterocycles. The predicted molar refractivity (Wildman–Crippen MR) is 120 cm³/mol. The lowest BCUT2D eigenvalue weighted by Gasteiger charge is -2.50. The van der Waals surface area contributed by atoms with Crippen molar-refractivity contribution in [2.45, 2.75) is 43.7 Å². The van der Waals surface area contributed by atoms with E-state index in [0.29, 0.717) is 17.8 Å². The molecule has 2 amide bonds. The van der Waals surface area contributed by atoms with Crippen molar-refractivity contribution in [3.8, 4) is 0 Å². The van der Waals surface area contributed by atoms with Crippen LogP contribution in [0.3, 0.4) is 0 Å². The number of fused-ring (bicyclic) bond motifs is 1. The SMILES string of the molecule is O=C(Nc1cccnc1)C1c2ccccc2C(=O)N(Cc2ccccc2)C12CCCC2. The van der Waals surface area contributed by atoms with Crippen molar-refractivity contribution in [2.24, 2.45) is 0 Å². The molecule has 0 bridgehead atoms. The summed E-state index contributed by atoms with van der Waals surface area (Å²) in [6.07, 6.45) is 7.01. The van der Waals surface area contributed by atoms with E-state index in [1.165, 1.54) is 0 Å². The summed E-state index contributed by atoms with van der Waals surface area (Å²) >= 11 is 0. The number of amides is 2. The lowest BCUT2D eigenvalue weighted by atomic mass is 9.71. The highest BCUT2D eigenvalue weighted by atomic mass is 16.2. The van der Waals surface area contributed by atoms with Crippen LogP contribution in [-0.2, 0) is 11.3 Å². The summed E-state index contributed by atoms with van der Waals surface area (Å²) in [5, 5.41) is 3.06. The van der Waals surface area contributed by atoms with Crippen LogP contribution in [0.25, 0.3) is 0 Å². The van der Waals surface area contributed by atoms with Gasteiger partial charge in [-0.25, -0.2) is 0 Å². The van der Waals surface area contributed by atoms with Crippen LogP contribution in [0.1, 0.15) is 53.1 Å². The van der Waals surface area contributed by atoms with E-state index in [-0.39, 0.29) is 11.8 Å². The van der Waals surface area contributed by atoms with Crippen LogP contribution in [0.5, 0.6) is 0 Å². The highest BCUT2D eigenvalue weighted by Gasteiger charge is 2.55. The maximum Gasteiger partial charge on any atom is 0.254 e. The summed E-state index contributed by atoms with van der Waals surface area (Å²) < 4.78 is 0. The topological polar surface area (TPSA) is 62.3 Å². The molecule has 1 spiro atoms. The van der Waals surface area contributed by atoms with Gasteiger partial charge in [-0.15, -0.1) is 0 Å². The van der Waals surface area contributed by atoms with Gasteiger partial charge in [0.2, 0.25) is 5.91 Å². The van der Waals surface area contributed by atoms with Gasteiger partial charge < -0.3 is 10.2 Å². The molecule has 1 aliphatic carbocycles. The van der Waals surface area contributed by atoms with Gasteiger partial charge in [0, 0.05) is 18.3 Å². The fourth-order valence-corrected chi connectivity index (χ4v) is 5.31. The molecular weight excluding hydrogens is 386 g/mol. The number of anilines is 1. The van der Waals surface area contributed by atoms with Gasteiger partial charge >= 0.3 is 0 Å². The number of rotatable bonds is 4. The molecule has 156 valence electrons. The van der Waals surface area contributed by atoms with E-state index < -0.39 is 11.5 Å². The molecule has 3 aromatic rings. The largest absolute Gasteiger partial charge is 0.327 e. The summed E-state index contributed by atoms with van der Waals surface area (Å²) in [4.78, 5) is 33.5. The Kier molecular flexibility index (Phi) is 5.02. The summed E-state index contributed by atoms with van der Waals surface area (Å²) in [5.74, 6) is -0.479. The highest BCUT2D eigenvalue weighted by molar-refractivity contribution is 6.05. The van der Waals surface area contributed by atoms with Crippen LogP contribution in [0, 0.1) is 0 Å². The summed E-state index contributed by atoms with van der Waals surface area (Å²) in [6, 6.07) is 21.3. The smallest absolute Gasteiger partial charge is 0.254 e. The van der Waals surface area contributed by atoms with Crippen molar-refractivity contribution < 1.29 is 9.59 Å². The molecule has 2 aromatic carbocycles. The fourth-order valence-electron chi connectivity index (χ4n) is 5.31. The van der Waals surface area contributed by atoms with Crippen LogP contribution in [0.15, 0.2) is 79.1 Å². The van der Waals surface area contributed by atoms with Gasteiger partial charge in [-0.3, -0.25) is 14.6 Å². The molecule has 1 aromatic heterocycles. The number of aromatic nitrogens is 1. The van der Waals surface area contributed by atoms with Gasteiger partial charge in [-0.2, -0.15) is 0 Å². The normalized spacial score (nSPS) is 19.3.